The summed E-state index contributed by atoms with van der Waals surface area (Å²) >= 11 is 0. The highest BCUT2D eigenvalue weighted by atomic mass is 16.8. The number of benzene rings is 2. The van der Waals surface area contributed by atoms with Crippen molar-refractivity contribution in [2.45, 2.75) is 0 Å². The molecule has 0 aliphatic carbocycles. The Morgan fingerprint density at radius 3 is 2.61 bits per heavy atom. The topological polar surface area (TPSA) is 70.9 Å². The summed E-state index contributed by atoms with van der Waals surface area (Å²) in [6.07, 6.45) is 1.67. The van der Waals surface area contributed by atoms with Crippen molar-refractivity contribution < 1.29 is 5.21 Å². The molecule has 18 heavy (non-hydrogen) atoms. The van der Waals surface area contributed by atoms with Crippen molar-refractivity contribution in [3.05, 3.63) is 65.4 Å². The zero-order valence-electron chi connectivity index (χ0n) is 9.52. The zero-order valence-corrected chi connectivity index (χ0v) is 9.52. The second-order valence-corrected chi connectivity index (χ2v) is 3.60. The number of nitrogens with one attached hydrogen (secondary N) is 1. The van der Waals surface area contributed by atoms with Gasteiger partial charge in [0.2, 0.25) is 0 Å². The molecule has 0 saturated heterocycles. The number of rotatable bonds is 4. The van der Waals surface area contributed by atoms with Crippen molar-refractivity contribution in [2.24, 2.45) is 5.10 Å². The van der Waals surface area contributed by atoms with Crippen molar-refractivity contribution in [2.75, 3.05) is 10.7 Å². The van der Waals surface area contributed by atoms with Gasteiger partial charge in [-0.1, -0.05) is 36.4 Å². The van der Waals surface area contributed by atoms with E-state index < -0.39 is 0 Å². The molecular weight excluding hydrogens is 230 g/mol. The molecule has 0 amide bonds. The molecule has 2 aromatic carbocycles. The highest BCUT2D eigenvalue weighted by Gasteiger charge is 1.94. The number of hydrogen-bond donors (Lipinski definition) is 2. The van der Waals surface area contributed by atoms with Crippen molar-refractivity contribution >= 4 is 17.6 Å². The van der Waals surface area contributed by atoms with E-state index in [1.165, 1.54) is 12.1 Å². The van der Waals surface area contributed by atoms with Gasteiger partial charge in [0.25, 0.3) is 0 Å². The summed E-state index contributed by atoms with van der Waals surface area (Å²) in [4.78, 5) is 0. The SMILES string of the molecule is [O-]N(O)c1cccc(NN=Cc2ccccc2)c1. The summed E-state index contributed by atoms with van der Waals surface area (Å²) in [6.45, 7) is 0. The summed E-state index contributed by atoms with van der Waals surface area (Å²) in [6, 6.07) is 16.0. The van der Waals surface area contributed by atoms with Gasteiger partial charge < -0.3 is 10.4 Å². The van der Waals surface area contributed by atoms with E-state index in [-0.39, 0.29) is 10.9 Å². The molecule has 0 unspecified atom stereocenters. The number of hydrazone groups is 1. The van der Waals surface area contributed by atoms with Crippen LogP contribution >= 0.6 is 0 Å². The first-order valence-corrected chi connectivity index (χ1v) is 5.36. The van der Waals surface area contributed by atoms with Gasteiger partial charge in [-0.15, -0.1) is 0 Å². The predicted molar refractivity (Wildman–Crippen MR) is 71.7 cm³/mol. The van der Waals surface area contributed by atoms with Crippen LogP contribution in [0.2, 0.25) is 0 Å². The van der Waals surface area contributed by atoms with Crippen molar-refractivity contribution in [3.8, 4) is 0 Å². The minimum absolute atomic E-state index is 0.148. The molecule has 0 aromatic heterocycles. The maximum atomic E-state index is 10.7. The Kier molecular flexibility index (Phi) is 3.90. The third-order valence-corrected chi connectivity index (χ3v) is 2.27. The van der Waals surface area contributed by atoms with Crippen molar-refractivity contribution in [3.63, 3.8) is 0 Å². The van der Waals surface area contributed by atoms with Crippen LogP contribution in [-0.2, 0) is 0 Å². The molecule has 0 aliphatic rings. The van der Waals surface area contributed by atoms with Gasteiger partial charge in [0.1, 0.15) is 0 Å². The van der Waals surface area contributed by atoms with Crippen LogP contribution in [0.4, 0.5) is 11.4 Å². The average Bonchev–Trinajstić information content (AvgIpc) is 2.40. The normalized spacial score (nSPS) is 10.6. The van der Waals surface area contributed by atoms with Crippen molar-refractivity contribution in [1.82, 2.24) is 0 Å². The van der Waals surface area contributed by atoms with Gasteiger partial charge in [-0.05, 0) is 23.8 Å². The molecule has 2 N–H and O–H groups in total. The Hall–Kier alpha value is -2.37. The van der Waals surface area contributed by atoms with E-state index in [0.29, 0.717) is 5.69 Å². The molecule has 0 spiro atoms. The molecule has 0 bridgehead atoms. The lowest BCUT2D eigenvalue weighted by Crippen LogP contribution is -2.06. The van der Waals surface area contributed by atoms with E-state index in [2.05, 4.69) is 10.5 Å². The second kappa shape index (κ2) is 5.81. The van der Waals surface area contributed by atoms with Crippen LogP contribution in [0.3, 0.4) is 0 Å². The van der Waals surface area contributed by atoms with Crippen LogP contribution in [0.1, 0.15) is 5.56 Å². The Bertz CT molecular complexity index is 527. The molecule has 92 valence electrons. The van der Waals surface area contributed by atoms with Crippen molar-refractivity contribution in [1.29, 1.82) is 0 Å². The highest BCUT2D eigenvalue weighted by molar-refractivity contribution is 5.80. The molecule has 0 atom stereocenters. The molecule has 5 heteroatoms. The van der Waals surface area contributed by atoms with Gasteiger partial charge in [-0.3, -0.25) is 10.6 Å². The number of nitrogens with zero attached hydrogens (tertiary/aromatic N) is 2. The fourth-order valence-corrected chi connectivity index (χ4v) is 1.41. The predicted octanol–water partition coefficient (Wildman–Crippen LogP) is 2.83. The van der Waals surface area contributed by atoms with E-state index in [1.807, 2.05) is 30.3 Å². The first-order valence-electron chi connectivity index (χ1n) is 5.36. The van der Waals surface area contributed by atoms with Crippen LogP contribution in [0.15, 0.2) is 59.7 Å². The minimum Gasteiger partial charge on any atom is -0.733 e. The van der Waals surface area contributed by atoms with Gasteiger partial charge in [-0.2, -0.15) is 5.10 Å². The van der Waals surface area contributed by atoms with Crippen LogP contribution in [0.5, 0.6) is 0 Å². The number of anilines is 2. The molecule has 0 aliphatic heterocycles. The Balaban J connectivity index is 2.02. The molecule has 0 radical (unpaired) electrons. The third-order valence-electron chi connectivity index (χ3n) is 2.27. The van der Waals surface area contributed by atoms with Crippen LogP contribution < -0.4 is 10.7 Å². The molecule has 2 rings (SSSR count). The lowest BCUT2D eigenvalue weighted by atomic mass is 10.2. The second-order valence-electron chi connectivity index (χ2n) is 3.60. The smallest absolute Gasteiger partial charge is 0.0582 e. The maximum absolute atomic E-state index is 10.7. The Morgan fingerprint density at radius 2 is 1.89 bits per heavy atom. The third kappa shape index (κ3) is 3.31. The van der Waals surface area contributed by atoms with E-state index in [0.717, 1.165) is 5.56 Å². The van der Waals surface area contributed by atoms with Gasteiger partial charge in [0.15, 0.2) is 0 Å². The number of hydrogen-bond acceptors (Lipinski definition) is 5. The molecule has 2 aromatic rings. The van der Waals surface area contributed by atoms with Crippen LogP contribution in [-0.4, -0.2) is 11.4 Å². The molecule has 5 nitrogen and oxygen atoms in total. The lowest BCUT2D eigenvalue weighted by Gasteiger charge is -2.21. The fraction of sp³-hybridized carbons (Fsp3) is 0. The van der Waals surface area contributed by atoms with Gasteiger partial charge >= 0.3 is 0 Å². The van der Waals surface area contributed by atoms with Gasteiger partial charge in [-0.25, -0.2) is 0 Å². The van der Waals surface area contributed by atoms with E-state index in [9.17, 15) is 5.21 Å². The lowest BCUT2D eigenvalue weighted by molar-refractivity contribution is 0.296. The van der Waals surface area contributed by atoms with Gasteiger partial charge in [0, 0.05) is 0 Å². The first kappa shape index (κ1) is 12.1. The largest absolute Gasteiger partial charge is 0.733 e. The summed E-state index contributed by atoms with van der Waals surface area (Å²) in [5.41, 5.74) is 4.52. The standard InChI is InChI=1S/C13H12N3O2/c17-16(18)13-8-4-7-12(9-13)15-14-10-11-5-2-1-3-6-11/h1-10,15,17H/q-1. The van der Waals surface area contributed by atoms with E-state index in [4.69, 9.17) is 5.21 Å². The molecular formula is C13H12N3O2-. The average molecular weight is 242 g/mol. The molecule has 0 fully saturated rings. The Labute approximate surface area is 105 Å². The summed E-state index contributed by atoms with van der Waals surface area (Å²) < 4.78 is 0. The quantitative estimate of drug-likeness (QED) is 0.638. The summed E-state index contributed by atoms with van der Waals surface area (Å²) in [7, 11) is 0. The summed E-state index contributed by atoms with van der Waals surface area (Å²) in [5, 5.41) is 23.3. The fourth-order valence-electron chi connectivity index (χ4n) is 1.41. The highest BCUT2D eigenvalue weighted by Crippen LogP contribution is 2.17. The molecule has 0 heterocycles. The Morgan fingerprint density at radius 1 is 1.11 bits per heavy atom. The minimum atomic E-state index is -0.188. The monoisotopic (exact) mass is 242 g/mol. The first-order chi connectivity index (χ1) is 8.75. The van der Waals surface area contributed by atoms with Crippen LogP contribution in [0.25, 0.3) is 0 Å². The summed E-state index contributed by atoms with van der Waals surface area (Å²) in [5.74, 6) is 0. The van der Waals surface area contributed by atoms with E-state index >= 15 is 0 Å². The van der Waals surface area contributed by atoms with Gasteiger partial charge in [0.05, 0.1) is 17.6 Å². The van der Waals surface area contributed by atoms with E-state index in [1.54, 1.807) is 18.3 Å². The zero-order chi connectivity index (χ0) is 12.8. The maximum Gasteiger partial charge on any atom is 0.0582 e. The van der Waals surface area contributed by atoms with Crippen LogP contribution in [0, 0.1) is 5.21 Å². The molecule has 0 saturated carbocycles.